The maximum Gasteiger partial charge on any atom is 0.242 e. The number of amides is 1. The molecule has 1 atom stereocenters. The molecule has 3 aromatic rings. The van der Waals surface area contributed by atoms with Gasteiger partial charge in [0.25, 0.3) is 0 Å². The van der Waals surface area contributed by atoms with Crippen molar-refractivity contribution in [1.82, 2.24) is 15.0 Å². The van der Waals surface area contributed by atoms with Crippen molar-refractivity contribution in [3.05, 3.63) is 66.2 Å². The van der Waals surface area contributed by atoms with Gasteiger partial charge in [-0.1, -0.05) is 60.3 Å². The number of hydrogen-bond donors (Lipinski definition) is 3. The van der Waals surface area contributed by atoms with E-state index in [9.17, 15) is 4.79 Å². The van der Waals surface area contributed by atoms with Gasteiger partial charge in [0.05, 0.1) is 0 Å². The highest BCUT2D eigenvalue weighted by Crippen LogP contribution is 2.34. The summed E-state index contributed by atoms with van der Waals surface area (Å²) in [5.41, 5.74) is 12.8. The zero-order valence-electron chi connectivity index (χ0n) is 13.2. The minimum atomic E-state index is -0.567. The first-order valence-corrected chi connectivity index (χ1v) is 8.34. The van der Waals surface area contributed by atoms with Gasteiger partial charge in [0, 0.05) is 5.69 Å². The molecule has 0 aliphatic heterocycles. The summed E-state index contributed by atoms with van der Waals surface area (Å²) >= 11 is 1.16. The van der Waals surface area contributed by atoms with E-state index in [0.29, 0.717) is 10.8 Å². The van der Waals surface area contributed by atoms with E-state index < -0.39 is 5.25 Å². The standard InChI is InChI=1S/C17H16N6OS/c18-15-21-16(19)23-17(22-15)25-13(11-7-3-1-4-8-11)14(24)20-12-9-5-2-6-10-12/h1-10,13H,(H,20,24)(H4,18,19,21,22,23)/t13-/m1/s1. The molecule has 25 heavy (non-hydrogen) atoms. The van der Waals surface area contributed by atoms with Crippen LogP contribution in [-0.4, -0.2) is 20.9 Å². The third kappa shape index (κ3) is 4.45. The Kier molecular flexibility index (Phi) is 5.10. The molecule has 1 aromatic heterocycles. The molecule has 126 valence electrons. The largest absolute Gasteiger partial charge is 0.368 e. The Hall–Kier alpha value is -3.13. The molecule has 0 saturated heterocycles. The number of nitrogens with zero attached hydrogens (tertiary/aromatic N) is 3. The van der Waals surface area contributed by atoms with E-state index in [2.05, 4.69) is 20.3 Å². The monoisotopic (exact) mass is 352 g/mol. The molecule has 0 saturated carbocycles. The third-order valence-electron chi connectivity index (χ3n) is 3.25. The number of carbonyl (C=O) groups is 1. The minimum Gasteiger partial charge on any atom is -0.368 e. The first kappa shape index (κ1) is 16.7. The minimum absolute atomic E-state index is 0.0188. The van der Waals surface area contributed by atoms with E-state index in [4.69, 9.17) is 11.5 Å². The van der Waals surface area contributed by atoms with Crippen molar-refractivity contribution < 1.29 is 4.79 Å². The summed E-state index contributed by atoms with van der Waals surface area (Å²) < 4.78 is 0. The third-order valence-corrected chi connectivity index (χ3v) is 4.37. The van der Waals surface area contributed by atoms with Gasteiger partial charge < -0.3 is 16.8 Å². The Morgan fingerprint density at radius 3 is 2.04 bits per heavy atom. The molecule has 8 heteroatoms. The summed E-state index contributed by atoms with van der Waals surface area (Å²) in [7, 11) is 0. The van der Waals surface area contributed by atoms with Crippen LogP contribution in [0.4, 0.5) is 17.6 Å². The van der Waals surface area contributed by atoms with Crippen LogP contribution < -0.4 is 16.8 Å². The molecular formula is C17H16N6OS. The fourth-order valence-electron chi connectivity index (χ4n) is 2.18. The Morgan fingerprint density at radius 2 is 1.44 bits per heavy atom. The lowest BCUT2D eigenvalue weighted by molar-refractivity contribution is -0.115. The second kappa shape index (κ2) is 7.63. The molecule has 0 bridgehead atoms. The van der Waals surface area contributed by atoms with Gasteiger partial charge in [0.1, 0.15) is 5.25 Å². The van der Waals surface area contributed by atoms with Crippen molar-refractivity contribution in [2.45, 2.75) is 10.4 Å². The fourth-order valence-corrected chi connectivity index (χ4v) is 3.14. The lowest BCUT2D eigenvalue weighted by atomic mass is 10.1. The second-order valence-electron chi connectivity index (χ2n) is 5.10. The zero-order valence-corrected chi connectivity index (χ0v) is 14.0. The van der Waals surface area contributed by atoms with Crippen LogP contribution in [0.1, 0.15) is 10.8 Å². The van der Waals surface area contributed by atoms with Gasteiger partial charge in [0.2, 0.25) is 17.8 Å². The predicted molar refractivity (Wildman–Crippen MR) is 98.8 cm³/mol. The molecule has 1 amide bonds. The number of rotatable bonds is 5. The summed E-state index contributed by atoms with van der Waals surface area (Å²) in [6.45, 7) is 0. The summed E-state index contributed by atoms with van der Waals surface area (Å²) in [6, 6.07) is 18.6. The van der Waals surface area contributed by atoms with Gasteiger partial charge >= 0.3 is 0 Å². The Bertz CT molecular complexity index is 839. The van der Waals surface area contributed by atoms with Crippen LogP contribution in [0.15, 0.2) is 65.8 Å². The van der Waals surface area contributed by atoms with E-state index in [1.807, 2.05) is 60.7 Å². The molecule has 0 radical (unpaired) electrons. The molecule has 0 aliphatic carbocycles. The number of carbonyl (C=O) groups excluding carboxylic acids is 1. The van der Waals surface area contributed by atoms with Crippen LogP contribution in [0.25, 0.3) is 0 Å². The van der Waals surface area contributed by atoms with Crippen molar-refractivity contribution in [3.8, 4) is 0 Å². The molecule has 2 aromatic carbocycles. The molecular weight excluding hydrogens is 336 g/mol. The van der Waals surface area contributed by atoms with E-state index in [-0.39, 0.29) is 17.8 Å². The zero-order chi connectivity index (χ0) is 17.6. The van der Waals surface area contributed by atoms with E-state index in [1.54, 1.807) is 0 Å². The van der Waals surface area contributed by atoms with Crippen molar-refractivity contribution in [3.63, 3.8) is 0 Å². The average molecular weight is 352 g/mol. The van der Waals surface area contributed by atoms with Crippen LogP contribution >= 0.6 is 11.8 Å². The summed E-state index contributed by atoms with van der Waals surface area (Å²) in [6.07, 6.45) is 0. The number of nitrogen functional groups attached to an aromatic ring is 2. The van der Waals surface area contributed by atoms with Gasteiger partial charge in [-0.2, -0.15) is 15.0 Å². The van der Waals surface area contributed by atoms with Gasteiger partial charge in [-0.3, -0.25) is 4.79 Å². The predicted octanol–water partition coefficient (Wildman–Crippen LogP) is 2.51. The van der Waals surface area contributed by atoms with Crippen LogP contribution in [0.3, 0.4) is 0 Å². The average Bonchev–Trinajstić information content (AvgIpc) is 2.60. The van der Waals surface area contributed by atoms with Crippen LogP contribution in [0.5, 0.6) is 0 Å². The summed E-state index contributed by atoms with van der Waals surface area (Å²) in [5.74, 6) is -0.157. The van der Waals surface area contributed by atoms with E-state index in [0.717, 1.165) is 17.3 Å². The first-order valence-electron chi connectivity index (χ1n) is 7.46. The topological polar surface area (TPSA) is 120 Å². The number of nitrogens with two attached hydrogens (primary N) is 2. The van der Waals surface area contributed by atoms with Gasteiger partial charge in [0.15, 0.2) is 5.16 Å². The van der Waals surface area contributed by atoms with Gasteiger partial charge in [-0.05, 0) is 17.7 Å². The molecule has 7 nitrogen and oxygen atoms in total. The normalized spacial score (nSPS) is 11.7. The number of thioether (sulfide) groups is 1. The Morgan fingerprint density at radius 1 is 0.880 bits per heavy atom. The smallest absolute Gasteiger partial charge is 0.242 e. The highest BCUT2D eigenvalue weighted by molar-refractivity contribution is 8.00. The molecule has 0 spiro atoms. The Labute approximate surface area is 148 Å². The maximum absolute atomic E-state index is 12.8. The number of benzene rings is 2. The second-order valence-corrected chi connectivity index (χ2v) is 6.17. The van der Waals surface area contributed by atoms with Crippen molar-refractivity contribution in [1.29, 1.82) is 0 Å². The van der Waals surface area contributed by atoms with Crippen LogP contribution in [-0.2, 0) is 4.79 Å². The lowest BCUT2D eigenvalue weighted by Gasteiger charge is -2.16. The first-order chi connectivity index (χ1) is 12.1. The molecule has 3 rings (SSSR count). The van der Waals surface area contributed by atoms with E-state index >= 15 is 0 Å². The number of anilines is 3. The number of hydrogen-bond acceptors (Lipinski definition) is 7. The maximum atomic E-state index is 12.8. The lowest BCUT2D eigenvalue weighted by Crippen LogP contribution is -2.19. The van der Waals surface area contributed by atoms with E-state index in [1.165, 1.54) is 0 Å². The molecule has 0 fully saturated rings. The van der Waals surface area contributed by atoms with Crippen LogP contribution in [0.2, 0.25) is 0 Å². The highest BCUT2D eigenvalue weighted by atomic mass is 32.2. The number of para-hydroxylation sites is 1. The molecule has 0 aliphatic rings. The van der Waals surface area contributed by atoms with Crippen LogP contribution in [0, 0.1) is 0 Å². The van der Waals surface area contributed by atoms with Crippen molar-refractivity contribution in [2.24, 2.45) is 0 Å². The number of nitrogens with one attached hydrogen (secondary N) is 1. The fraction of sp³-hybridized carbons (Fsp3) is 0.0588. The van der Waals surface area contributed by atoms with Gasteiger partial charge in [-0.15, -0.1) is 0 Å². The Balaban J connectivity index is 1.88. The summed E-state index contributed by atoms with van der Waals surface area (Å²) in [4.78, 5) is 24.7. The summed E-state index contributed by atoms with van der Waals surface area (Å²) in [5, 5.41) is 2.62. The number of aromatic nitrogens is 3. The molecule has 5 N–H and O–H groups in total. The van der Waals surface area contributed by atoms with Crippen molar-refractivity contribution in [2.75, 3.05) is 16.8 Å². The molecule has 1 heterocycles. The SMILES string of the molecule is Nc1nc(N)nc(S[C@@H](C(=O)Nc2ccccc2)c2ccccc2)n1. The molecule has 0 unspecified atom stereocenters. The highest BCUT2D eigenvalue weighted by Gasteiger charge is 2.24. The van der Waals surface area contributed by atoms with Crippen molar-refractivity contribution >= 4 is 35.3 Å². The quantitative estimate of drug-likeness (QED) is 0.603. The van der Waals surface area contributed by atoms with Gasteiger partial charge in [-0.25, -0.2) is 0 Å².